The smallest absolute Gasteiger partial charge is 0.127 e. The van der Waals surface area contributed by atoms with Crippen LogP contribution in [0.3, 0.4) is 0 Å². The van der Waals surface area contributed by atoms with Crippen molar-refractivity contribution >= 4 is 0 Å². The number of benzene rings is 3. The van der Waals surface area contributed by atoms with Crippen LogP contribution >= 0.6 is 0 Å². The van der Waals surface area contributed by atoms with E-state index in [9.17, 15) is 0 Å². The van der Waals surface area contributed by atoms with Gasteiger partial charge in [-0.3, -0.25) is 0 Å². The summed E-state index contributed by atoms with van der Waals surface area (Å²) in [6, 6.07) is 20.2. The first-order chi connectivity index (χ1) is 12.6. The van der Waals surface area contributed by atoms with Gasteiger partial charge in [0.15, 0.2) is 0 Å². The summed E-state index contributed by atoms with van der Waals surface area (Å²) in [6.45, 7) is 6.68. The van der Waals surface area contributed by atoms with Gasteiger partial charge in [0.05, 0.1) is 7.11 Å². The van der Waals surface area contributed by atoms with Crippen molar-refractivity contribution in [2.24, 2.45) is 0 Å². The molecule has 0 aliphatic heterocycles. The highest BCUT2D eigenvalue weighted by atomic mass is 16.5. The van der Waals surface area contributed by atoms with E-state index in [0.717, 1.165) is 12.2 Å². The summed E-state index contributed by atoms with van der Waals surface area (Å²) in [5.74, 6) is 1.56. The van der Waals surface area contributed by atoms with Gasteiger partial charge in [0.25, 0.3) is 0 Å². The molecule has 0 heterocycles. The van der Waals surface area contributed by atoms with E-state index >= 15 is 0 Å². The van der Waals surface area contributed by atoms with E-state index in [1.165, 1.54) is 50.9 Å². The standard InChI is InChI=1S/C25H26O/c1-5-17(3)19-10-11-22-20(12-19)13-21-14-24(25(26-4)15-23(21)22)18-8-6-16(2)7-9-18/h6-12,14-15,17H,5,13H2,1-4H3. The lowest BCUT2D eigenvalue weighted by atomic mass is 9.94. The molecule has 1 aliphatic rings. The summed E-state index contributed by atoms with van der Waals surface area (Å²) in [5.41, 5.74) is 10.7. The predicted molar refractivity (Wildman–Crippen MR) is 110 cm³/mol. The average molecular weight is 342 g/mol. The minimum atomic E-state index is 0.613. The molecule has 0 saturated carbocycles. The Morgan fingerprint density at radius 2 is 1.62 bits per heavy atom. The normalized spacial score (nSPS) is 13.2. The molecule has 4 rings (SSSR count). The lowest BCUT2D eigenvalue weighted by molar-refractivity contribution is 0.416. The van der Waals surface area contributed by atoms with Crippen molar-refractivity contribution in [3.05, 3.63) is 76.9 Å². The zero-order valence-electron chi connectivity index (χ0n) is 16.1. The Balaban J connectivity index is 1.79. The van der Waals surface area contributed by atoms with Crippen molar-refractivity contribution in [1.29, 1.82) is 0 Å². The predicted octanol–water partition coefficient (Wildman–Crippen LogP) is 6.76. The van der Waals surface area contributed by atoms with Crippen LogP contribution in [0.25, 0.3) is 22.3 Å². The highest BCUT2D eigenvalue weighted by molar-refractivity contribution is 5.84. The van der Waals surface area contributed by atoms with Gasteiger partial charge >= 0.3 is 0 Å². The van der Waals surface area contributed by atoms with Crippen LogP contribution in [0.5, 0.6) is 5.75 Å². The van der Waals surface area contributed by atoms with E-state index in [0.29, 0.717) is 5.92 Å². The van der Waals surface area contributed by atoms with Gasteiger partial charge in [-0.25, -0.2) is 0 Å². The van der Waals surface area contributed by atoms with E-state index in [1.54, 1.807) is 7.11 Å². The molecule has 1 atom stereocenters. The van der Waals surface area contributed by atoms with Crippen molar-refractivity contribution in [3.63, 3.8) is 0 Å². The molecular formula is C25H26O. The number of aryl methyl sites for hydroxylation is 1. The second-order valence-electron chi connectivity index (χ2n) is 7.48. The number of hydrogen-bond acceptors (Lipinski definition) is 1. The molecule has 0 fully saturated rings. The molecule has 0 saturated heterocycles. The third kappa shape index (κ3) is 2.82. The lowest BCUT2D eigenvalue weighted by Gasteiger charge is -2.13. The maximum Gasteiger partial charge on any atom is 0.127 e. The zero-order valence-corrected chi connectivity index (χ0v) is 16.1. The van der Waals surface area contributed by atoms with Crippen LogP contribution in [0.1, 0.15) is 48.4 Å². The zero-order chi connectivity index (χ0) is 18.3. The molecule has 0 bridgehead atoms. The number of fused-ring (bicyclic) bond motifs is 3. The van der Waals surface area contributed by atoms with Gasteiger partial charge in [0, 0.05) is 5.56 Å². The molecule has 1 aliphatic carbocycles. The van der Waals surface area contributed by atoms with Gasteiger partial charge in [-0.1, -0.05) is 61.9 Å². The number of hydrogen-bond donors (Lipinski definition) is 0. The van der Waals surface area contributed by atoms with Gasteiger partial charge in [0.1, 0.15) is 5.75 Å². The average Bonchev–Trinajstić information content (AvgIpc) is 3.03. The number of ether oxygens (including phenoxy) is 1. The molecule has 1 unspecified atom stereocenters. The number of rotatable bonds is 4. The Hall–Kier alpha value is -2.54. The molecule has 3 aromatic rings. The Kier molecular flexibility index (Phi) is 4.32. The molecule has 0 amide bonds. The van der Waals surface area contributed by atoms with Crippen molar-refractivity contribution < 1.29 is 4.74 Å². The van der Waals surface area contributed by atoms with Crippen LogP contribution in [0.4, 0.5) is 0 Å². The fourth-order valence-electron chi connectivity index (χ4n) is 3.92. The maximum absolute atomic E-state index is 5.75. The molecule has 0 spiro atoms. The SMILES string of the molecule is CCC(C)c1ccc2c(c1)Cc1cc(-c3ccc(C)cc3)c(OC)cc1-2. The molecule has 0 N–H and O–H groups in total. The van der Waals surface area contributed by atoms with E-state index in [2.05, 4.69) is 75.4 Å². The van der Waals surface area contributed by atoms with Gasteiger partial charge in [-0.2, -0.15) is 0 Å². The topological polar surface area (TPSA) is 9.23 Å². The van der Waals surface area contributed by atoms with E-state index < -0.39 is 0 Å². The quantitative estimate of drug-likeness (QED) is 0.398. The van der Waals surface area contributed by atoms with Crippen LogP contribution < -0.4 is 4.74 Å². The largest absolute Gasteiger partial charge is 0.496 e. The van der Waals surface area contributed by atoms with E-state index in [1.807, 2.05) is 0 Å². The molecular weight excluding hydrogens is 316 g/mol. The Bertz CT molecular complexity index is 951. The minimum Gasteiger partial charge on any atom is -0.496 e. The summed E-state index contributed by atoms with van der Waals surface area (Å²) in [5, 5.41) is 0. The molecule has 132 valence electrons. The minimum absolute atomic E-state index is 0.613. The van der Waals surface area contributed by atoms with Crippen molar-refractivity contribution in [3.8, 4) is 28.0 Å². The van der Waals surface area contributed by atoms with Crippen molar-refractivity contribution in [2.75, 3.05) is 7.11 Å². The third-order valence-electron chi connectivity index (χ3n) is 5.77. The first-order valence-corrected chi connectivity index (χ1v) is 9.51. The Morgan fingerprint density at radius 3 is 2.31 bits per heavy atom. The first kappa shape index (κ1) is 16.9. The third-order valence-corrected chi connectivity index (χ3v) is 5.77. The van der Waals surface area contributed by atoms with E-state index in [-0.39, 0.29) is 0 Å². The van der Waals surface area contributed by atoms with E-state index in [4.69, 9.17) is 4.74 Å². The highest BCUT2D eigenvalue weighted by Crippen LogP contribution is 2.44. The molecule has 0 aromatic heterocycles. The summed E-state index contributed by atoms with van der Waals surface area (Å²) in [7, 11) is 1.77. The van der Waals surface area contributed by atoms with Gasteiger partial charge in [-0.05, 0) is 71.2 Å². The van der Waals surface area contributed by atoms with Crippen LogP contribution in [-0.4, -0.2) is 7.11 Å². The lowest BCUT2D eigenvalue weighted by Crippen LogP contribution is -1.92. The summed E-state index contributed by atoms with van der Waals surface area (Å²) < 4.78 is 5.75. The van der Waals surface area contributed by atoms with Crippen LogP contribution in [0.15, 0.2) is 54.6 Å². The first-order valence-electron chi connectivity index (χ1n) is 9.51. The molecule has 26 heavy (non-hydrogen) atoms. The summed E-state index contributed by atoms with van der Waals surface area (Å²) in [4.78, 5) is 0. The Labute approximate surface area is 156 Å². The second-order valence-corrected chi connectivity index (χ2v) is 7.48. The highest BCUT2D eigenvalue weighted by Gasteiger charge is 2.22. The molecule has 3 aromatic carbocycles. The second kappa shape index (κ2) is 6.64. The van der Waals surface area contributed by atoms with Crippen LogP contribution in [-0.2, 0) is 6.42 Å². The van der Waals surface area contributed by atoms with Crippen LogP contribution in [0, 0.1) is 6.92 Å². The van der Waals surface area contributed by atoms with Gasteiger partial charge in [0.2, 0.25) is 0 Å². The van der Waals surface area contributed by atoms with Crippen molar-refractivity contribution in [2.45, 2.75) is 39.5 Å². The fraction of sp³-hybridized carbons (Fsp3) is 0.280. The Morgan fingerprint density at radius 1 is 0.885 bits per heavy atom. The summed E-state index contributed by atoms with van der Waals surface area (Å²) in [6.07, 6.45) is 2.19. The van der Waals surface area contributed by atoms with Gasteiger partial charge < -0.3 is 4.74 Å². The van der Waals surface area contributed by atoms with Crippen molar-refractivity contribution in [1.82, 2.24) is 0 Å². The van der Waals surface area contributed by atoms with Gasteiger partial charge in [-0.15, -0.1) is 0 Å². The fourth-order valence-corrected chi connectivity index (χ4v) is 3.92. The van der Waals surface area contributed by atoms with Crippen LogP contribution in [0.2, 0.25) is 0 Å². The monoisotopic (exact) mass is 342 g/mol. The number of methoxy groups -OCH3 is 1. The molecule has 1 nitrogen and oxygen atoms in total. The molecule has 0 radical (unpaired) electrons. The summed E-state index contributed by atoms with van der Waals surface area (Å²) >= 11 is 0. The maximum atomic E-state index is 5.75. The molecule has 1 heteroatoms.